The summed E-state index contributed by atoms with van der Waals surface area (Å²) in [5.74, 6) is 6.39. The lowest BCUT2D eigenvalue weighted by Gasteiger charge is -2.38. The molecule has 2 heteroatoms. The Morgan fingerprint density at radius 2 is 1.84 bits per heavy atom. The second-order valence-electron chi connectivity index (χ2n) is 7.52. The van der Waals surface area contributed by atoms with Gasteiger partial charge in [0.15, 0.2) is 0 Å². The molecule has 0 saturated heterocycles. The third-order valence-corrected chi connectivity index (χ3v) is 6.65. The van der Waals surface area contributed by atoms with Crippen LogP contribution in [0.25, 0.3) is 0 Å². The van der Waals surface area contributed by atoms with Gasteiger partial charge in [0.1, 0.15) is 0 Å². The number of ether oxygens (including phenoxy) is 1. The van der Waals surface area contributed by atoms with Gasteiger partial charge in [0.05, 0.1) is 6.61 Å². The summed E-state index contributed by atoms with van der Waals surface area (Å²) in [6.45, 7) is 6.04. The minimum absolute atomic E-state index is 0.202. The minimum atomic E-state index is -0.202. The van der Waals surface area contributed by atoms with Gasteiger partial charge in [-0.3, -0.25) is 0 Å². The van der Waals surface area contributed by atoms with Crippen LogP contribution < -0.4 is 0 Å². The zero-order chi connectivity index (χ0) is 13.1. The predicted octanol–water partition coefficient (Wildman–Crippen LogP) is 3.42. The Morgan fingerprint density at radius 1 is 1.11 bits per heavy atom. The quantitative estimate of drug-likeness (QED) is 0.441. The van der Waals surface area contributed by atoms with Gasteiger partial charge < -0.3 is 4.74 Å². The van der Waals surface area contributed by atoms with Crippen LogP contribution in [0.2, 0.25) is 0 Å². The largest absolute Gasteiger partial charge is 0.462 e. The first-order valence-electron chi connectivity index (χ1n) is 7.97. The van der Waals surface area contributed by atoms with E-state index in [9.17, 15) is 4.79 Å². The van der Waals surface area contributed by atoms with Crippen molar-refractivity contribution < 1.29 is 9.53 Å². The third-order valence-electron chi connectivity index (χ3n) is 6.65. The molecule has 0 radical (unpaired) electrons. The molecule has 4 bridgehead atoms. The van der Waals surface area contributed by atoms with Crippen molar-refractivity contribution in [1.29, 1.82) is 0 Å². The van der Waals surface area contributed by atoms with E-state index in [0.717, 1.165) is 35.5 Å². The van der Waals surface area contributed by atoms with Crippen molar-refractivity contribution in [1.82, 2.24) is 0 Å². The molecule has 4 saturated carbocycles. The predicted molar refractivity (Wildman–Crippen MR) is 73.3 cm³/mol. The average Bonchev–Trinajstić information content (AvgIpc) is 3.12. The molecule has 0 amide bonds. The molecule has 19 heavy (non-hydrogen) atoms. The van der Waals surface area contributed by atoms with Crippen LogP contribution in [0.4, 0.5) is 0 Å². The van der Waals surface area contributed by atoms with Crippen molar-refractivity contribution in [3.63, 3.8) is 0 Å². The fourth-order valence-corrected chi connectivity index (χ4v) is 6.20. The lowest BCUT2D eigenvalue weighted by atomic mass is 9.68. The Kier molecular flexibility index (Phi) is 2.59. The van der Waals surface area contributed by atoms with Crippen LogP contribution in [0.1, 0.15) is 39.0 Å². The van der Waals surface area contributed by atoms with Gasteiger partial charge in [-0.2, -0.15) is 0 Å². The van der Waals surface area contributed by atoms with Crippen molar-refractivity contribution >= 4 is 5.97 Å². The summed E-state index contributed by atoms with van der Waals surface area (Å²) in [6.07, 6.45) is 7.24. The van der Waals surface area contributed by atoms with Crippen LogP contribution in [0.3, 0.4) is 0 Å². The van der Waals surface area contributed by atoms with Crippen LogP contribution in [0.15, 0.2) is 12.2 Å². The number of carbonyl (C=O) groups excluding carboxylic acids is 1. The summed E-state index contributed by atoms with van der Waals surface area (Å²) in [6, 6.07) is 0. The molecule has 0 N–H and O–H groups in total. The smallest absolute Gasteiger partial charge is 0.333 e. The van der Waals surface area contributed by atoms with Gasteiger partial charge in [0, 0.05) is 5.57 Å². The van der Waals surface area contributed by atoms with E-state index >= 15 is 0 Å². The van der Waals surface area contributed by atoms with Crippen LogP contribution in [-0.4, -0.2) is 12.6 Å². The Balaban J connectivity index is 1.42. The van der Waals surface area contributed by atoms with E-state index in [1.165, 1.54) is 32.1 Å². The minimum Gasteiger partial charge on any atom is -0.462 e. The van der Waals surface area contributed by atoms with Crippen molar-refractivity contribution in [2.75, 3.05) is 6.61 Å². The van der Waals surface area contributed by atoms with Gasteiger partial charge in [-0.1, -0.05) is 6.58 Å². The average molecular weight is 260 g/mol. The molecular weight excluding hydrogens is 236 g/mol. The Hall–Kier alpha value is -0.790. The van der Waals surface area contributed by atoms with Crippen molar-refractivity contribution in [3.8, 4) is 0 Å². The van der Waals surface area contributed by atoms with Crippen molar-refractivity contribution in [2.45, 2.75) is 39.0 Å². The maximum atomic E-state index is 11.5. The highest BCUT2D eigenvalue weighted by molar-refractivity contribution is 5.86. The van der Waals surface area contributed by atoms with Gasteiger partial charge >= 0.3 is 5.97 Å². The van der Waals surface area contributed by atoms with Crippen LogP contribution in [0, 0.1) is 41.4 Å². The number of fused-ring (bicyclic) bond motifs is 9. The first kappa shape index (κ1) is 12.0. The molecule has 104 valence electrons. The molecule has 0 aliphatic heterocycles. The van der Waals surface area contributed by atoms with Gasteiger partial charge in [-0.25, -0.2) is 4.79 Å². The highest BCUT2D eigenvalue weighted by Gasteiger charge is 2.62. The van der Waals surface area contributed by atoms with Gasteiger partial charge in [-0.15, -0.1) is 0 Å². The Morgan fingerprint density at radius 3 is 2.58 bits per heavy atom. The zero-order valence-corrected chi connectivity index (χ0v) is 11.8. The monoisotopic (exact) mass is 260 g/mol. The summed E-state index contributed by atoms with van der Waals surface area (Å²) >= 11 is 0. The zero-order valence-electron chi connectivity index (χ0n) is 11.8. The second kappa shape index (κ2) is 4.10. The SMILES string of the molecule is C=C(C)C(=O)OCC1CC2CC1C1C3CCC(C3)C21. The topological polar surface area (TPSA) is 26.3 Å². The van der Waals surface area contributed by atoms with Crippen LogP contribution in [-0.2, 0) is 9.53 Å². The standard InChI is InChI=1S/C17H24O2/c1-9(2)17(18)19-8-13-6-12-7-14(13)16-11-4-3-10(5-11)15(12)16/h10-16H,1,3-8H2,2H3. The molecule has 0 aromatic heterocycles. The first-order valence-corrected chi connectivity index (χ1v) is 7.97. The van der Waals surface area contributed by atoms with Crippen LogP contribution >= 0.6 is 0 Å². The first-order chi connectivity index (χ1) is 9.15. The molecule has 4 fully saturated rings. The lowest BCUT2D eigenvalue weighted by molar-refractivity contribution is -0.141. The van der Waals surface area contributed by atoms with Crippen LogP contribution in [0.5, 0.6) is 0 Å². The van der Waals surface area contributed by atoms with Gasteiger partial charge in [0.2, 0.25) is 0 Å². The fourth-order valence-electron chi connectivity index (χ4n) is 6.20. The van der Waals surface area contributed by atoms with Crippen molar-refractivity contribution in [2.24, 2.45) is 41.4 Å². The van der Waals surface area contributed by atoms with Gasteiger partial charge in [0.25, 0.3) is 0 Å². The maximum absolute atomic E-state index is 11.5. The van der Waals surface area contributed by atoms with E-state index in [4.69, 9.17) is 4.74 Å². The van der Waals surface area contributed by atoms with E-state index in [2.05, 4.69) is 6.58 Å². The molecule has 7 unspecified atom stereocenters. The number of hydrogen-bond acceptors (Lipinski definition) is 2. The lowest BCUT2D eigenvalue weighted by Crippen LogP contribution is -2.34. The number of hydrogen-bond donors (Lipinski definition) is 0. The highest BCUT2D eigenvalue weighted by Crippen LogP contribution is 2.68. The molecule has 0 aromatic carbocycles. The number of rotatable bonds is 3. The molecule has 4 aliphatic carbocycles. The van der Waals surface area contributed by atoms with E-state index < -0.39 is 0 Å². The number of carbonyl (C=O) groups is 1. The molecule has 7 atom stereocenters. The summed E-state index contributed by atoms with van der Waals surface area (Å²) < 4.78 is 5.43. The summed E-state index contributed by atoms with van der Waals surface area (Å²) in [5, 5.41) is 0. The Bertz CT molecular complexity index is 427. The molecule has 2 nitrogen and oxygen atoms in total. The second-order valence-corrected chi connectivity index (χ2v) is 7.52. The van der Waals surface area contributed by atoms with E-state index in [1.807, 2.05) is 0 Å². The highest BCUT2D eigenvalue weighted by atomic mass is 16.5. The Labute approximate surface area is 115 Å². The molecule has 0 spiro atoms. The molecule has 4 rings (SSSR count). The molecular formula is C17H24O2. The number of esters is 1. The summed E-state index contributed by atoms with van der Waals surface area (Å²) in [5.41, 5.74) is 0.529. The maximum Gasteiger partial charge on any atom is 0.333 e. The van der Waals surface area contributed by atoms with E-state index in [-0.39, 0.29) is 5.97 Å². The van der Waals surface area contributed by atoms with E-state index in [0.29, 0.717) is 18.1 Å². The normalized spacial score (nSPS) is 49.4. The molecule has 4 aliphatic rings. The molecule has 0 heterocycles. The summed E-state index contributed by atoms with van der Waals surface area (Å²) in [4.78, 5) is 11.5. The van der Waals surface area contributed by atoms with Gasteiger partial charge in [-0.05, 0) is 80.5 Å². The van der Waals surface area contributed by atoms with E-state index in [1.54, 1.807) is 6.92 Å². The third kappa shape index (κ3) is 1.64. The fraction of sp³-hybridized carbons (Fsp3) is 0.824. The summed E-state index contributed by atoms with van der Waals surface area (Å²) in [7, 11) is 0. The van der Waals surface area contributed by atoms with Crippen molar-refractivity contribution in [3.05, 3.63) is 12.2 Å². The molecule has 0 aromatic rings.